The summed E-state index contributed by atoms with van der Waals surface area (Å²) >= 11 is 0. The fourth-order valence-electron chi connectivity index (χ4n) is 4.10. The van der Waals surface area contributed by atoms with Crippen molar-refractivity contribution in [2.45, 2.75) is 38.3 Å². The number of carboxylic acid groups (broad SMARTS) is 1. The molecule has 1 N–H and O–H groups in total. The minimum Gasteiger partial charge on any atom is -0.479 e. The number of carbonyl (C=O) groups excluding carboxylic acids is 1. The maximum Gasteiger partial charge on any atom is 0.434 e. The number of aliphatic carboxylic acids is 1. The van der Waals surface area contributed by atoms with Crippen LogP contribution in [0.3, 0.4) is 0 Å². The highest BCUT2D eigenvalue weighted by Gasteiger charge is 2.43. The number of benzene rings is 2. The number of hydrogen-bond acceptors (Lipinski definition) is 4. The SMILES string of the molecule is CC(C)[C@H]1C[C@H](C(=O)O)ON1C(=O)OCC1c2ccccc2-c2ccccc21. The first-order valence-corrected chi connectivity index (χ1v) is 9.51. The summed E-state index contributed by atoms with van der Waals surface area (Å²) < 4.78 is 5.60. The average Bonchev–Trinajstić information content (AvgIpc) is 3.27. The standard InChI is InChI=1S/C22H23NO5/c1-13(2)19-11-20(21(24)25)28-23(19)22(26)27-12-18-16-9-5-3-7-14(16)15-8-4-6-10-17(15)18/h3-10,13,18-20H,11-12H2,1-2H3,(H,24,25)/t19-,20-/m1/s1. The summed E-state index contributed by atoms with van der Waals surface area (Å²) in [7, 11) is 0. The van der Waals surface area contributed by atoms with E-state index in [0.29, 0.717) is 0 Å². The van der Waals surface area contributed by atoms with E-state index in [2.05, 4.69) is 24.3 Å². The van der Waals surface area contributed by atoms with E-state index in [9.17, 15) is 14.7 Å². The van der Waals surface area contributed by atoms with Gasteiger partial charge in [-0.3, -0.25) is 4.84 Å². The first kappa shape index (κ1) is 18.5. The van der Waals surface area contributed by atoms with Crippen LogP contribution in [0.15, 0.2) is 48.5 Å². The number of carboxylic acids is 1. The van der Waals surface area contributed by atoms with E-state index in [-0.39, 0.29) is 30.9 Å². The molecule has 4 rings (SSSR count). The number of ether oxygens (including phenoxy) is 1. The summed E-state index contributed by atoms with van der Waals surface area (Å²) in [4.78, 5) is 29.3. The molecule has 0 saturated carbocycles. The van der Waals surface area contributed by atoms with Crippen LogP contribution in [0.1, 0.15) is 37.3 Å². The molecule has 2 aliphatic rings. The molecule has 0 bridgehead atoms. The Kier molecular flexibility index (Phi) is 4.81. The molecule has 1 fully saturated rings. The van der Waals surface area contributed by atoms with Crippen LogP contribution in [0, 0.1) is 5.92 Å². The largest absolute Gasteiger partial charge is 0.479 e. The molecule has 2 atom stereocenters. The minimum atomic E-state index is -1.07. The molecule has 1 aliphatic heterocycles. The molecule has 2 aromatic rings. The van der Waals surface area contributed by atoms with E-state index in [0.717, 1.165) is 27.3 Å². The molecule has 1 saturated heterocycles. The molecule has 0 spiro atoms. The molecule has 2 aromatic carbocycles. The van der Waals surface area contributed by atoms with E-state index in [4.69, 9.17) is 9.57 Å². The van der Waals surface area contributed by atoms with Crippen molar-refractivity contribution in [2.24, 2.45) is 5.92 Å². The lowest BCUT2D eigenvalue weighted by atomic mass is 9.98. The molecule has 1 heterocycles. The quantitative estimate of drug-likeness (QED) is 0.865. The Hall–Kier alpha value is -2.86. The predicted molar refractivity (Wildman–Crippen MR) is 103 cm³/mol. The molecule has 1 aliphatic carbocycles. The summed E-state index contributed by atoms with van der Waals surface area (Å²) in [5.41, 5.74) is 4.57. The van der Waals surface area contributed by atoms with E-state index in [1.165, 1.54) is 0 Å². The molecule has 0 radical (unpaired) electrons. The van der Waals surface area contributed by atoms with Gasteiger partial charge < -0.3 is 9.84 Å². The van der Waals surface area contributed by atoms with E-state index in [1.807, 2.05) is 38.1 Å². The van der Waals surface area contributed by atoms with Gasteiger partial charge in [0.05, 0.1) is 6.04 Å². The molecule has 1 amide bonds. The molecule has 146 valence electrons. The van der Waals surface area contributed by atoms with Crippen LogP contribution >= 0.6 is 0 Å². The summed E-state index contributed by atoms with van der Waals surface area (Å²) in [6.07, 6.45) is -1.39. The molecule has 6 heteroatoms. The lowest BCUT2D eigenvalue weighted by Crippen LogP contribution is -2.38. The van der Waals surface area contributed by atoms with Crippen LogP contribution in [-0.2, 0) is 14.4 Å². The van der Waals surface area contributed by atoms with Gasteiger partial charge in [-0.25, -0.2) is 9.59 Å². The molecular weight excluding hydrogens is 358 g/mol. The summed E-state index contributed by atoms with van der Waals surface area (Å²) in [6.45, 7) is 4.04. The number of fused-ring (bicyclic) bond motifs is 3. The maximum atomic E-state index is 12.7. The van der Waals surface area contributed by atoms with Crippen LogP contribution in [0.5, 0.6) is 0 Å². The third-order valence-corrected chi connectivity index (χ3v) is 5.56. The Labute approximate surface area is 163 Å². The van der Waals surface area contributed by atoms with Crippen LogP contribution in [0.25, 0.3) is 11.1 Å². The number of hydrogen-bond donors (Lipinski definition) is 1. The third kappa shape index (κ3) is 3.14. The lowest BCUT2D eigenvalue weighted by Gasteiger charge is -2.25. The number of amides is 1. The van der Waals surface area contributed by atoms with Gasteiger partial charge in [0.1, 0.15) is 6.61 Å². The molecular formula is C22H23NO5. The Morgan fingerprint density at radius 2 is 1.68 bits per heavy atom. The highest BCUT2D eigenvalue weighted by Crippen LogP contribution is 2.44. The Balaban J connectivity index is 1.51. The van der Waals surface area contributed by atoms with E-state index >= 15 is 0 Å². The number of nitrogens with zero attached hydrogens (tertiary/aromatic N) is 1. The van der Waals surface area contributed by atoms with Crippen molar-refractivity contribution in [3.63, 3.8) is 0 Å². The second-order valence-corrected chi connectivity index (χ2v) is 7.61. The third-order valence-electron chi connectivity index (χ3n) is 5.56. The van der Waals surface area contributed by atoms with Crippen LogP contribution in [0.4, 0.5) is 4.79 Å². The van der Waals surface area contributed by atoms with Crippen molar-refractivity contribution < 1.29 is 24.3 Å². The van der Waals surface area contributed by atoms with Crippen molar-refractivity contribution >= 4 is 12.1 Å². The Bertz CT molecular complexity index is 864. The summed E-state index contributed by atoms with van der Waals surface area (Å²) in [5, 5.41) is 10.3. The molecule has 28 heavy (non-hydrogen) atoms. The smallest absolute Gasteiger partial charge is 0.434 e. The number of rotatable bonds is 4. The molecule has 6 nitrogen and oxygen atoms in total. The monoisotopic (exact) mass is 381 g/mol. The Morgan fingerprint density at radius 3 is 2.21 bits per heavy atom. The van der Waals surface area contributed by atoms with E-state index < -0.39 is 18.2 Å². The first-order valence-electron chi connectivity index (χ1n) is 9.51. The first-order chi connectivity index (χ1) is 13.5. The van der Waals surface area contributed by atoms with E-state index in [1.54, 1.807) is 0 Å². The van der Waals surface area contributed by atoms with Crippen molar-refractivity contribution in [2.75, 3.05) is 6.61 Å². The zero-order valence-corrected chi connectivity index (χ0v) is 15.9. The van der Waals surface area contributed by atoms with Crippen molar-refractivity contribution in [3.8, 4) is 11.1 Å². The van der Waals surface area contributed by atoms with Crippen molar-refractivity contribution in [1.29, 1.82) is 0 Å². The number of carbonyl (C=O) groups is 2. The second kappa shape index (κ2) is 7.28. The summed E-state index contributed by atoms with van der Waals surface area (Å²) in [6, 6.07) is 15.9. The van der Waals surface area contributed by atoms with Crippen LogP contribution < -0.4 is 0 Å². The minimum absolute atomic E-state index is 0.0493. The normalized spacial score (nSPS) is 20.9. The van der Waals surface area contributed by atoms with Gasteiger partial charge in [-0.05, 0) is 28.2 Å². The fourth-order valence-corrected chi connectivity index (χ4v) is 4.10. The maximum absolute atomic E-state index is 12.7. The fraction of sp³-hybridized carbons (Fsp3) is 0.364. The average molecular weight is 381 g/mol. The van der Waals surface area contributed by atoms with Gasteiger partial charge in [0.15, 0.2) is 6.10 Å². The van der Waals surface area contributed by atoms with Gasteiger partial charge in [0.2, 0.25) is 0 Å². The molecule has 0 unspecified atom stereocenters. The second-order valence-electron chi connectivity index (χ2n) is 7.61. The van der Waals surface area contributed by atoms with Gasteiger partial charge in [-0.2, -0.15) is 5.06 Å². The Morgan fingerprint density at radius 1 is 1.11 bits per heavy atom. The molecule has 0 aromatic heterocycles. The van der Waals surface area contributed by atoms with Crippen molar-refractivity contribution in [1.82, 2.24) is 5.06 Å². The zero-order chi connectivity index (χ0) is 19.8. The van der Waals surface area contributed by atoms with Gasteiger partial charge in [-0.1, -0.05) is 62.4 Å². The van der Waals surface area contributed by atoms with Crippen LogP contribution in [-0.4, -0.2) is 41.0 Å². The van der Waals surface area contributed by atoms with Gasteiger partial charge in [0.25, 0.3) is 0 Å². The highest BCUT2D eigenvalue weighted by atomic mass is 16.7. The summed E-state index contributed by atoms with van der Waals surface area (Å²) in [5.74, 6) is -1.06. The van der Waals surface area contributed by atoms with Gasteiger partial charge >= 0.3 is 12.1 Å². The topological polar surface area (TPSA) is 76.1 Å². The van der Waals surface area contributed by atoms with Gasteiger partial charge in [-0.15, -0.1) is 0 Å². The number of hydroxylamine groups is 2. The highest BCUT2D eigenvalue weighted by molar-refractivity contribution is 5.79. The van der Waals surface area contributed by atoms with Gasteiger partial charge in [0, 0.05) is 12.3 Å². The lowest BCUT2D eigenvalue weighted by molar-refractivity contribution is -0.175. The predicted octanol–water partition coefficient (Wildman–Crippen LogP) is 4.05. The van der Waals surface area contributed by atoms with Crippen LogP contribution in [0.2, 0.25) is 0 Å². The zero-order valence-electron chi connectivity index (χ0n) is 15.9. The van der Waals surface area contributed by atoms with Crippen molar-refractivity contribution in [3.05, 3.63) is 59.7 Å².